The third-order valence-corrected chi connectivity index (χ3v) is 7.66. The SMILES string of the molecule is Cc1ccc(S(=O)(=O)N2CCC(C(=O)N3CCC(N)CC3)CC2)c(C)c1. The molecule has 2 aliphatic rings. The van der Waals surface area contributed by atoms with Crippen molar-refractivity contribution >= 4 is 15.9 Å². The van der Waals surface area contributed by atoms with E-state index < -0.39 is 10.0 Å². The van der Waals surface area contributed by atoms with Crippen LogP contribution >= 0.6 is 0 Å². The van der Waals surface area contributed by atoms with E-state index in [9.17, 15) is 13.2 Å². The summed E-state index contributed by atoms with van der Waals surface area (Å²) >= 11 is 0. The van der Waals surface area contributed by atoms with E-state index in [4.69, 9.17) is 5.73 Å². The van der Waals surface area contributed by atoms with Crippen LogP contribution in [0.25, 0.3) is 0 Å². The number of hydrogen-bond donors (Lipinski definition) is 1. The van der Waals surface area contributed by atoms with E-state index >= 15 is 0 Å². The molecular weight excluding hydrogens is 350 g/mol. The Bertz CT molecular complexity index is 762. The lowest BCUT2D eigenvalue weighted by Gasteiger charge is -2.36. The molecule has 0 aromatic heterocycles. The van der Waals surface area contributed by atoms with Crippen molar-refractivity contribution in [3.63, 3.8) is 0 Å². The van der Waals surface area contributed by atoms with Gasteiger partial charge in [-0.15, -0.1) is 0 Å². The van der Waals surface area contributed by atoms with Crippen LogP contribution in [-0.4, -0.2) is 55.8 Å². The van der Waals surface area contributed by atoms with E-state index in [-0.39, 0.29) is 17.9 Å². The Morgan fingerprint density at radius 1 is 1.04 bits per heavy atom. The summed E-state index contributed by atoms with van der Waals surface area (Å²) in [7, 11) is -3.50. The van der Waals surface area contributed by atoms with Crippen LogP contribution in [0.15, 0.2) is 23.1 Å². The third kappa shape index (κ3) is 3.94. The fourth-order valence-corrected chi connectivity index (χ4v) is 5.62. The number of likely N-dealkylation sites (tertiary alicyclic amines) is 1. The van der Waals surface area contributed by atoms with Crippen molar-refractivity contribution in [1.82, 2.24) is 9.21 Å². The number of carbonyl (C=O) groups excluding carboxylic acids is 1. The Morgan fingerprint density at radius 3 is 2.23 bits per heavy atom. The maximum Gasteiger partial charge on any atom is 0.243 e. The fourth-order valence-electron chi connectivity index (χ4n) is 3.95. The van der Waals surface area contributed by atoms with E-state index in [1.54, 1.807) is 6.07 Å². The highest BCUT2D eigenvalue weighted by atomic mass is 32.2. The van der Waals surface area contributed by atoms with E-state index in [2.05, 4.69) is 0 Å². The lowest BCUT2D eigenvalue weighted by molar-refractivity contribution is -0.137. The molecule has 0 radical (unpaired) electrons. The molecule has 3 rings (SSSR count). The van der Waals surface area contributed by atoms with Crippen LogP contribution in [-0.2, 0) is 14.8 Å². The van der Waals surface area contributed by atoms with Gasteiger partial charge >= 0.3 is 0 Å². The van der Waals surface area contributed by atoms with Crippen LogP contribution in [0.5, 0.6) is 0 Å². The Kier molecular flexibility index (Phi) is 5.69. The van der Waals surface area contributed by atoms with Crippen LogP contribution in [0, 0.1) is 19.8 Å². The minimum absolute atomic E-state index is 0.0742. The first kappa shape index (κ1) is 19.3. The molecule has 7 heteroatoms. The lowest BCUT2D eigenvalue weighted by Crippen LogP contribution is -2.48. The van der Waals surface area contributed by atoms with Gasteiger partial charge in [-0.3, -0.25) is 4.79 Å². The highest BCUT2D eigenvalue weighted by molar-refractivity contribution is 7.89. The van der Waals surface area contributed by atoms with Gasteiger partial charge in [-0.1, -0.05) is 17.7 Å². The third-order valence-electron chi connectivity index (χ3n) is 5.60. The normalized spacial score (nSPS) is 21.1. The van der Waals surface area contributed by atoms with Crippen LogP contribution in [0.1, 0.15) is 36.8 Å². The van der Waals surface area contributed by atoms with Crippen molar-refractivity contribution in [1.29, 1.82) is 0 Å². The predicted octanol–water partition coefficient (Wildman–Crippen LogP) is 1.65. The van der Waals surface area contributed by atoms with Gasteiger partial charge in [-0.2, -0.15) is 4.31 Å². The van der Waals surface area contributed by atoms with Gasteiger partial charge < -0.3 is 10.6 Å². The Morgan fingerprint density at radius 2 is 1.65 bits per heavy atom. The molecule has 0 bridgehead atoms. The van der Waals surface area contributed by atoms with E-state index in [0.717, 1.165) is 37.1 Å². The molecule has 0 atom stereocenters. The van der Waals surface area contributed by atoms with Crippen molar-refractivity contribution in [2.24, 2.45) is 11.7 Å². The number of sulfonamides is 1. The van der Waals surface area contributed by atoms with Crippen molar-refractivity contribution < 1.29 is 13.2 Å². The van der Waals surface area contributed by atoms with Crippen molar-refractivity contribution in [2.75, 3.05) is 26.2 Å². The molecule has 2 N–H and O–H groups in total. The summed E-state index contributed by atoms with van der Waals surface area (Å²) in [6.07, 6.45) is 2.88. The average Bonchev–Trinajstić information content (AvgIpc) is 2.61. The standard InChI is InChI=1S/C19H29N3O3S/c1-14-3-4-18(15(2)13-14)26(24,25)22-11-5-16(6-12-22)19(23)21-9-7-17(20)8-10-21/h3-4,13,16-17H,5-12,20H2,1-2H3. The second-order valence-corrected chi connectivity index (χ2v) is 9.52. The summed E-state index contributed by atoms with van der Waals surface area (Å²) in [6, 6.07) is 5.61. The molecule has 6 nitrogen and oxygen atoms in total. The van der Waals surface area contributed by atoms with Crippen molar-refractivity contribution in [3.05, 3.63) is 29.3 Å². The van der Waals surface area contributed by atoms with Gasteiger partial charge in [-0.25, -0.2) is 8.42 Å². The number of carbonyl (C=O) groups is 1. The first-order chi connectivity index (χ1) is 12.3. The van der Waals surface area contributed by atoms with Crippen molar-refractivity contribution in [2.45, 2.75) is 50.5 Å². The highest BCUT2D eigenvalue weighted by Crippen LogP contribution is 2.27. The minimum Gasteiger partial charge on any atom is -0.342 e. The Balaban J connectivity index is 1.63. The molecule has 2 heterocycles. The molecule has 1 aromatic carbocycles. The summed E-state index contributed by atoms with van der Waals surface area (Å²) in [6.45, 7) is 6.03. The quantitative estimate of drug-likeness (QED) is 0.866. The van der Waals surface area contributed by atoms with E-state index in [1.165, 1.54) is 4.31 Å². The van der Waals surface area contributed by atoms with Gasteiger partial charge in [-0.05, 0) is 51.2 Å². The van der Waals surface area contributed by atoms with Crippen molar-refractivity contribution in [3.8, 4) is 0 Å². The Labute approximate surface area is 156 Å². The molecule has 0 spiro atoms. The molecule has 1 amide bonds. The first-order valence-corrected chi connectivity index (χ1v) is 10.8. The lowest BCUT2D eigenvalue weighted by atomic mass is 9.95. The summed E-state index contributed by atoms with van der Waals surface area (Å²) in [5, 5.41) is 0. The van der Waals surface area contributed by atoms with Gasteiger partial charge in [0.1, 0.15) is 0 Å². The number of piperidine rings is 2. The van der Waals surface area contributed by atoms with Gasteiger partial charge in [0.2, 0.25) is 15.9 Å². The predicted molar refractivity (Wildman–Crippen MR) is 101 cm³/mol. The maximum atomic E-state index is 13.0. The molecule has 0 saturated carbocycles. The molecule has 0 aliphatic carbocycles. The molecule has 0 unspecified atom stereocenters. The molecule has 144 valence electrons. The number of nitrogens with two attached hydrogens (primary N) is 1. The second kappa shape index (κ2) is 7.66. The maximum absolute atomic E-state index is 13.0. The monoisotopic (exact) mass is 379 g/mol. The van der Waals surface area contributed by atoms with Crippen LogP contribution < -0.4 is 5.73 Å². The molecule has 1 aromatic rings. The number of nitrogens with zero attached hydrogens (tertiary/aromatic N) is 2. The smallest absolute Gasteiger partial charge is 0.243 e. The topological polar surface area (TPSA) is 83.7 Å². The van der Waals surface area contributed by atoms with Gasteiger partial charge in [0.15, 0.2) is 0 Å². The molecular formula is C19H29N3O3S. The van der Waals surface area contributed by atoms with Gasteiger partial charge in [0, 0.05) is 38.1 Å². The summed E-state index contributed by atoms with van der Waals surface area (Å²) < 4.78 is 27.4. The zero-order valence-electron chi connectivity index (χ0n) is 15.6. The van der Waals surface area contributed by atoms with Gasteiger partial charge in [0.05, 0.1) is 4.90 Å². The first-order valence-electron chi connectivity index (χ1n) is 9.41. The number of benzene rings is 1. The minimum atomic E-state index is -3.50. The molecule has 26 heavy (non-hydrogen) atoms. The Hall–Kier alpha value is -1.44. The zero-order chi connectivity index (χ0) is 18.9. The number of rotatable bonds is 3. The molecule has 2 saturated heterocycles. The molecule has 2 aliphatic heterocycles. The van der Waals surface area contributed by atoms with E-state index in [0.29, 0.717) is 30.8 Å². The van der Waals surface area contributed by atoms with Crippen LogP contribution in [0.3, 0.4) is 0 Å². The largest absolute Gasteiger partial charge is 0.342 e. The number of hydrogen-bond acceptors (Lipinski definition) is 4. The average molecular weight is 380 g/mol. The summed E-state index contributed by atoms with van der Waals surface area (Å²) in [5.41, 5.74) is 7.73. The van der Waals surface area contributed by atoms with Gasteiger partial charge in [0.25, 0.3) is 0 Å². The zero-order valence-corrected chi connectivity index (χ0v) is 16.5. The second-order valence-electron chi connectivity index (χ2n) is 7.61. The fraction of sp³-hybridized carbons (Fsp3) is 0.632. The summed E-state index contributed by atoms with van der Waals surface area (Å²) in [5.74, 6) is 0.0929. The number of amides is 1. The summed E-state index contributed by atoms with van der Waals surface area (Å²) in [4.78, 5) is 15.0. The number of aryl methyl sites for hydroxylation is 2. The van der Waals surface area contributed by atoms with E-state index in [1.807, 2.05) is 30.9 Å². The molecule has 2 fully saturated rings. The van der Waals surface area contributed by atoms with Crippen LogP contribution in [0.4, 0.5) is 0 Å². The highest BCUT2D eigenvalue weighted by Gasteiger charge is 2.35. The van der Waals surface area contributed by atoms with Crippen LogP contribution in [0.2, 0.25) is 0 Å².